The minimum absolute atomic E-state index is 0.271. The van der Waals surface area contributed by atoms with Gasteiger partial charge in [-0.25, -0.2) is 0 Å². The second-order valence-electron chi connectivity index (χ2n) is 4.82. The Morgan fingerprint density at radius 1 is 1.40 bits per heavy atom. The van der Waals surface area contributed by atoms with Crippen LogP contribution in [0.2, 0.25) is 5.02 Å². The molecule has 5 heteroatoms. The van der Waals surface area contributed by atoms with Gasteiger partial charge < -0.3 is 5.32 Å². The van der Waals surface area contributed by atoms with E-state index in [-0.39, 0.29) is 6.04 Å². The van der Waals surface area contributed by atoms with Crippen LogP contribution in [0.4, 0.5) is 5.69 Å². The second-order valence-corrected chi connectivity index (χ2v) is 7.75. The third-order valence-electron chi connectivity index (χ3n) is 3.51. The van der Waals surface area contributed by atoms with Gasteiger partial charge in [-0.05, 0) is 65.0 Å². The maximum atomic E-state index is 8.99. The standard InChI is InChI=1S/C15H12BrClN2S/c16-15-7-10-12(2-1-3-14(10)20-15)19-13-6-9(8-18)4-5-11(13)17/h4-7,12,19H,1-3H2. The molecule has 0 spiro atoms. The summed E-state index contributed by atoms with van der Waals surface area (Å²) in [4.78, 5) is 1.44. The van der Waals surface area contributed by atoms with Gasteiger partial charge in [-0.1, -0.05) is 11.6 Å². The number of fused-ring (bicyclic) bond motifs is 1. The molecule has 1 aliphatic carbocycles. The van der Waals surface area contributed by atoms with Crippen molar-refractivity contribution in [3.63, 3.8) is 0 Å². The van der Waals surface area contributed by atoms with E-state index < -0.39 is 0 Å². The van der Waals surface area contributed by atoms with E-state index in [0.29, 0.717) is 10.6 Å². The fourth-order valence-electron chi connectivity index (χ4n) is 2.56. The zero-order valence-corrected chi connectivity index (χ0v) is 13.8. The molecule has 1 N–H and O–H groups in total. The Morgan fingerprint density at radius 3 is 3.05 bits per heavy atom. The smallest absolute Gasteiger partial charge is 0.0992 e. The van der Waals surface area contributed by atoms with E-state index in [1.165, 1.54) is 20.6 Å². The summed E-state index contributed by atoms with van der Waals surface area (Å²) in [5.74, 6) is 0. The third kappa shape index (κ3) is 2.71. The van der Waals surface area contributed by atoms with Crippen molar-refractivity contribution in [2.45, 2.75) is 25.3 Å². The summed E-state index contributed by atoms with van der Waals surface area (Å²) < 4.78 is 1.17. The SMILES string of the molecule is N#Cc1ccc(Cl)c(NC2CCCc3sc(Br)cc32)c1. The van der Waals surface area contributed by atoms with Crippen LogP contribution in [0.5, 0.6) is 0 Å². The number of hydrogen-bond donors (Lipinski definition) is 1. The Morgan fingerprint density at radius 2 is 2.25 bits per heavy atom. The highest BCUT2D eigenvalue weighted by Gasteiger charge is 2.23. The third-order valence-corrected chi connectivity index (χ3v) is 5.55. The number of anilines is 1. The summed E-state index contributed by atoms with van der Waals surface area (Å²) >= 11 is 11.6. The summed E-state index contributed by atoms with van der Waals surface area (Å²) in [6.45, 7) is 0. The van der Waals surface area contributed by atoms with Crippen molar-refractivity contribution in [3.8, 4) is 6.07 Å². The Kier molecular flexibility index (Phi) is 4.02. The molecule has 0 radical (unpaired) electrons. The zero-order chi connectivity index (χ0) is 14.1. The number of aryl methyl sites for hydroxylation is 1. The van der Waals surface area contributed by atoms with Crippen LogP contribution >= 0.6 is 38.9 Å². The molecule has 1 atom stereocenters. The molecule has 0 fully saturated rings. The Balaban J connectivity index is 1.91. The fraction of sp³-hybridized carbons (Fsp3) is 0.267. The van der Waals surface area contributed by atoms with Gasteiger partial charge in [0.25, 0.3) is 0 Å². The van der Waals surface area contributed by atoms with Crippen molar-refractivity contribution < 1.29 is 0 Å². The average Bonchev–Trinajstić information content (AvgIpc) is 2.82. The lowest BCUT2D eigenvalue weighted by molar-refractivity contribution is 0.609. The summed E-state index contributed by atoms with van der Waals surface area (Å²) in [7, 11) is 0. The van der Waals surface area contributed by atoms with Gasteiger partial charge in [-0.2, -0.15) is 5.26 Å². The number of thiophene rings is 1. The maximum Gasteiger partial charge on any atom is 0.0992 e. The molecule has 0 saturated carbocycles. The van der Waals surface area contributed by atoms with Crippen LogP contribution in [-0.4, -0.2) is 0 Å². The van der Waals surface area contributed by atoms with Gasteiger partial charge in [-0.15, -0.1) is 11.3 Å². The summed E-state index contributed by atoms with van der Waals surface area (Å²) in [6, 6.07) is 9.94. The van der Waals surface area contributed by atoms with Gasteiger partial charge in [0.05, 0.1) is 32.2 Å². The minimum atomic E-state index is 0.271. The van der Waals surface area contributed by atoms with Crippen LogP contribution in [0.3, 0.4) is 0 Å². The highest BCUT2D eigenvalue weighted by Crippen LogP contribution is 2.40. The lowest BCUT2D eigenvalue weighted by Crippen LogP contribution is -2.15. The van der Waals surface area contributed by atoms with Crippen LogP contribution in [0, 0.1) is 11.3 Å². The number of halogens is 2. The first kappa shape index (κ1) is 13.9. The van der Waals surface area contributed by atoms with Gasteiger partial charge in [-0.3, -0.25) is 0 Å². The van der Waals surface area contributed by atoms with E-state index >= 15 is 0 Å². The molecule has 0 amide bonds. The van der Waals surface area contributed by atoms with Crippen molar-refractivity contribution in [2.24, 2.45) is 0 Å². The molecular formula is C15H12BrClN2S. The number of rotatable bonds is 2. The highest BCUT2D eigenvalue weighted by atomic mass is 79.9. The number of benzene rings is 1. The maximum absolute atomic E-state index is 8.99. The van der Waals surface area contributed by atoms with Crippen molar-refractivity contribution in [2.75, 3.05) is 5.32 Å². The predicted octanol–water partition coefficient (Wildman–Crippen LogP) is 5.53. The van der Waals surface area contributed by atoms with E-state index in [1.807, 2.05) is 17.4 Å². The predicted molar refractivity (Wildman–Crippen MR) is 87.5 cm³/mol. The van der Waals surface area contributed by atoms with Crippen molar-refractivity contribution in [1.29, 1.82) is 5.26 Å². The van der Waals surface area contributed by atoms with E-state index in [9.17, 15) is 0 Å². The fourth-order valence-corrected chi connectivity index (χ4v) is 4.56. The first-order chi connectivity index (χ1) is 9.67. The summed E-state index contributed by atoms with van der Waals surface area (Å²) in [5.41, 5.74) is 2.82. The van der Waals surface area contributed by atoms with Crippen LogP contribution < -0.4 is 5.32 Å². The first-order valence-corrected chi connectivity index (χ1v) is 8.40. The van der Waals surface area contributed by atoms with E-state index in [0.717, 1.165) is 18.5 Å². The van der Waals surface area contributed by atoms with Crippen molar-refractivity contribution >= 4 is 44.6 Å². The summed E-state index contributed by atoms with van der Waals surface area (Å²) in [6.07, 6.45) is 3.41. The van der Waals surface area contributed by atoms with Gasteiger partial charge in [0, 0.05) is 4.88 Å². The zero-order valence-electron chi connectivity index (χ0n) is 10.6. The van der Waals surface area contributed by atoms with Crippen LogP contribution in [-0.2, 0) is 6.42 Å². The molecule has 20 heavy (non-hydrogen) atoms. The molecule has 2 nitrogen and oxygen atoms in total. The molecule has 0 aliphatic heterocycles. The molecule has 1 heterocycles. The summed E-state index contributed by atoms with van der Waals surface area (Å²) in [5, 5.41) is 13.1. The molecule has 3 rings (SSSR count). The Labute approximate surface area is 135 Å². The first-order valence-electron chi connectivity index (χ1n) is 6.41. The van der Waals surface area contributed by atoms with Crippen LogP contribution in [0.15, 0.2) is 28.1 Å². The molecule has 1 unspecified atom stereocenters. The van der Waals surface area contributed by atoms with E-state index in [2.05, 4.69) is 33.4 Å². The number of nitrogens with one attached hydrogen (secondary N) is 1. The number of nitrogens with zero attached hydrogens (tertiary/aromatic N) is 1. The van der Waals surface area contributed by atoms with Crippen LogP contribution in [0.1, 0.15) is 34.9 Å². The Hall–Kier alpha value is -1.02. The largest absolute Gasteiger partial charge is 0.377 e. The van der Waals surface area contributed by atoms with Gasteiger partial charge in [0.1, 0.15) is 0 Å². The molecule has 1 aromatic carbocycles. The molecule has 1 aromatic heterocycles. The molecule has 102 valence electrons. The molecule has 1 aliphatic rings. The van der Waals surface area contributed by atoms with Crippen molar-refractivity contribution in [3.05, 3.63) is 49.1 Å². The minimum Gasteiger partial charge on any atom is -0.377 e. The molecule has 0 bridgehead atoms. The molecule has 0 saturated heterocycles. The highest BCUT2D eigenvalue weighted by molar-refractivity contribution is 9.11. The lowest BCUT2D eigenvalue weighted by atomic mass is 9.94. The monoisotopic (exact) mass is 366 g/mol. The lowest BCUT2D eigenvalue weighted by Gasteiger charge is -2.25. The van der Waals surface area contributed by atoms with Crippen molar-refractivity contribution in [1.82, 2.24) is 0 Å². The number of hydrogen-bond acceptors (Lipinski definition) is 3. The molecule has 2 aromatic rings. The topological polar surface area (TPSA) is 35.8 Å². The van der Waals surface area contributed by atoms with Gasteiger partial charge in [0.2, 0.25) is 0 Å². The normalized spacial score (nSPS) is 17.4. The average molecular weight is 368 g/mol. The van der Waals surface area contributed by atoms with Gasteiger partial charge in [0.15, 0.2) is 0 Å². The number of nitriles is 1. The van der Waals surface area contributed by atoms with Gasteiger partial charge >= 0.3 is 0 Å². The second kappa shape index (κ2) is 5.77. The van der Waals surface area contributed by atoms with E-state index in [4.69, 9.17) is 16.9 Å². The van der Waals surface area contributed by atoms with E-state index in [1.54, 1.807) is 12.1 Å². The quantitative estimate of drug-likeness (QED) is 0.758. The molecular weight excluding hydrogens is 356 g/mol. The van der Waals surface area contributed by atoms with Crippen LogP contribution in [0.25, 0.3) is 0 Å². The Bertz CT molecular complexity index is 690.